The van der Waals surface area contributed by atoms with Gasteiger partial charge in [0.25, 0.3) is 0 Å². The quantitative estimate of drug-likeness (QED) is 0.239. The highest BCUT2D eigenvalue weighted by Gasteiger charge is 2.29. The molecular formula is C28H19FN2O3S2. The van der Waals surface area contributed by atoms with Gasteiger partial charge in [-0.3, -0.25) is 0 Å². The van der Waals surface area contributed by atoms with E-state index in [4.69, 9.17) is 14.2 Å². The zero-order valence-electron chi connectivity index (χ0n) is 19.3. The summed E-state index contributed by atoms with van der Waals surface area (Å²) in [4.78, 5) is 2.10. The van der Waals surface area contributed by atoms with Crippen molar-refractivity contribution in [3.8, 4) is 35.1 Å². The third-order valence-electron chi connectivity index (χ3n) is 5.04. The van der Waals surface area contributed by atoms with Crippen molar-refractivity contribution in [3.05, 3.63) is 95.8 Å². The maximum absolute atomic E-state index is 15.9. The maximum Gasteiger partial charge on any atom is 0.211 e. The predicted octanol–water partition coefficient (Wildman–Crippen LogP) is 7.68. The van der Waals surface area contributed by atoms with Crippen LogP contribution in [0.25, 0.3) is 0 Å². The van der Waals surface area contributed by atoms with Crippen molar-refractivity contribution >= 4 is 23.5 Å². The van der Waals surface area contributed by atoms with Gasteiger partial charge in [0.1, 0.15) is 23.3 Å². The minimum Gasteiger partial charge on any atom is -0.493 e. The Hall–Kier alpha value is -4.11. The molecule has 4 aromatic carbocycles. The molecule has 4 aromatic rings. The molecule has 4 rings (SSSR count). The van der Waals surface area contributed by atoms with E-state index in [1.807, 2.05) is 72.8 Å². The lowest BCUT2D eigenvalue weighted by atomic mass is 10.1. The molecule has 0 bridgehead atoms. The first-order valence-electron chi connectivity index (χ1n) is 10.7. The molecule has 0 heterocycles. The summed E-state index contributed by atoms with van der Waals surface area (Å²) in [5.41, 5.74) is -0.601. The average Bonchev–Trinajstić information content (AvgIpc) is 2.92. The third kappa shape index (κ3) is 5.11. The van der Waals surface area contributed by atoms with Crippen molar-refractivity contribution < 1.29 is 18.6 Å². The molecule has 0 N–H and O–H groups in total. The molecule has 0 saturated heterocycles. The van der Waals surface area contributed by atoms with Crippen molar-refractivity contribution in [1.29, 1.82) is 10.5 Å². The van der Waals surface area contributed by atoms with Gasteiger partial charge in [0.05, 0.1) is 24.0 Å². The second kappa shape index (κ2) is 11.5. The van der Waals surface area contributed by atoms with E-state index >= 15 is 4.39 Å². The van der Waals surface area contributed by atoms with Gasteiger partial charge in [-0.2, -0.15) is 10.5 Å². The van der Waals surface area contributed by atoms with Gasteiger partial charge in [-0.25, -0.2) is 4.39 Å². The number of para-hydroxylation sites is 1. The summed E-state index contributed by atoms with van der Waals surface area (Å²) in [5.74, 6) is 0.189. The van der Waals surface area contributed by atoms with Crippen molar-refractivity contribution in [1.82, 2.24) is 0 Å². The molecule has 0 saturated carbocycles. The van der Waals surface area contributed by atoms with Crippen LogP contribution in [0.15, 0.2) is 98.4 Å². The molecule has 0 amide bonds. The Bertz CT molecular complexity index is 1440. The van der Waals surface area contributed by atoms with E-state index in [1.54, 1.807) is 18.2 Å². The van der Waals surface area contributed by atoms with Gasteiger partial charge in [0.2, 0.25) is 5.75 Å². The Kier molecular flexibility index (Phi) is 8.02. The van der Waals surface area contributed by atoms with E-state index in [-0.39, 0.29) is 22.0 Å². The molecule has 5 nitrogen and oxygen atoms in total. The predicted molar refractivity (Wildman–Crippen MR) is 137 cm³/mol. The number of nitriles is 2. The Morgan fingerprint density at radius 2 is 1.14 bits per heavy atom. The molecule has 0 aliphatic rings. The number of benzene rings is 4. The fraction of sp³-hybridized carbons (Fsp3) is 0.0714. The molecule has 0 aromatic heterocycles. The molecule has 0 fully saturated rings. The van der Waals surface area contributed by atoms with Crippen LogP contribution in [-0.2, 0) is 0 Å². The topological polar surface area (TPSA) is 75.3 Å². The minimum atomic E-state index is -0.777. The maximum atomic E-state index is 15.9. The molecule has 8 heteroatoms. The molecule has 36 heavy (non-hydrogen) atoms. The van der Waals surface area contributed by atoms with Gasteiger partial charge in [0, 0.05) is 9.79 Å². The van der Waals surface area contributed by atoms with Crippen LogP contribution in [0.2, 0.25) is 0 Å². The van der Waals surface area contributed by atoms with Gasteiger partial charge in [-0.05, 0) is 36.4 Å². The van der Waals surface area contributed by atoms with E-state index in [0.717, 1.165) is 21.6 Å². The summed E-state index contributed by atoms with van der Waals surface area (Å²) in [5, 5.41) is 19.9. The molecule has 0 unspecified atom stereocenters. The second-order valence-electron chi connectivity index (χ2n) is 7.20. The van der Waals surface area contributed by atoms with Crippen molar-refractivity contribution in [3.63, 3.8) is 0 Å². The number of methoxy groups -OCH3 is 2. The monoisotopic (exact) mass is 514 g/mol. The van der Waals surface area contributed by atoms with Crippen LogP contribution in [-0.4, -0.2) is 14.2 Å². The van der Waals surface area contributed by atoms with Crippen LogP contribution in [0.5, 0.6) is 23.0 Å². The van der Waals surface area contributed by atoms with Crippen LogP contribution in [0, 0.1) is 28.5 Å². The lowest BCUT2D eigenvalue weighted by Crippen LogP contribution is -2.03. The number of rotatable bonds is 8. The highest BCUT2D eigenvalue weighted by atomic mass is 32.2. The highest BCUT2D eigenvalue weighted by Crippen LogP contribution is 2.51. The van der Waals surface area contributed by atoms with E-state index in [2.05, 4.69) is 0 Å². The minimum absolute atomic E-state index is 0.0468. The van der Waals surface area contributed by atoms with Crippen LogP contribution < -0.4 is 14.2 Å². The van der Waals surface area contributed by atoms with Gasteiger partial charge in [-0.1, -0.05) is 66.0 Å². The number of hydrogen-bond acceptors (Lipinski definition) is 7. The Balaban J connectivity index is 2.02. The third-order valence-corrected chi connectivity index (χ3v) is 7.37. The van der Waals surface area contributed by atoms with Crippen LogP contribution >= 0.6 is 23.5 Å². The summed E-state index contributed by atoms with van der Waals surface area (Å²) >= 11 is 2.40. The number of ether oxygens (including phenoxy) is 3. The fourth-order valence-electron chi connectivity index (χ4n) is 3.38. The normalized spacial score (nSPS) is 10.2. The number of hydrogen-bond donors (Lipinski definition) is 0. The summed E-state index contributed by atoms with van der Waals surface area (Å²) in [6.07, 6.45) is 0. The van der Waals surface area contributed by atoms with Crippen molar-refractivity contribution in [2.75, 3.05) is 14.2 Å². The van der Waals surface area contributed by atoms with Gasteiger partial charge in [-0.15, -0.1) is 0 Å². The van der Waals surface area contributed by atoms with E-state index in [0.29, 0.717) is 16.4 Å². The van der Waals surface area contributed by atoms with E-state index in [9.17, 15) is 10.5 Å². The SMILES string of the molecule is COc1cccc(OC)c1Oc1c(C#N)c(C#N)c(F)c(Sc2ccccc2)c1Sc1ccccc1. The Labute approximate surface area is 217 Å². The first kappa shape index (κ1) is 25.0. The molecule has 178 valence electrons. The van der Waals surface area contributed by atoms with Gasteiger partial charge < -0.3 is 14.2 Å². The lowest BCUT2D eigenvalue weighted by Gasteiger charge is -2.20. The van der Waals surface area contributed by atoms with Crippen molar-refractivity contribution in [2.45, 2.75) is 19.6 Å². The van der Waals surface area contributed by atoms with E-state index in [1.165, 1.54) is 26.0 Å². The van der Waals surface area contributed by atoms with Crippen LogP contribution in [0.3, 0.4) is 0 Å². The first-order valence-corrected chi connectivity index (χ1v) is 12.3. The largest absolute Gasteiger partial charge is 0.493 e. The lowest BCUT2D eigenvalue weighted by molar-refractivity contribution is 0.342. The van der Waals surface area contributed by atoms with Crippen molar-refractivity contribution in [2.24, 2.45) is 0 Å². The first-order chi connectivity index (χ1) is 17.6. The Morgan fingerprint density at radius 3 is 1.61 bits per heavy atom. The zero-order valence-corrected chi connectivity index (χ0v) is 21.0. The second-order valence-corrected chi connectivity index (χ2v) is 9.37. The standard InChI is InChI=1S/C28H19FN2O3S2/c1-32-22-14-9-15-23(33-2)26(22)34-25-21(17-31)20(16-30)24(29)27(35-18-10-5-3-6-11-18)28(25)36-19-12-7-4-8-13-19/h3-15H,1-2H3. The summed E-state index contributed by atoms with van der Waals surface area (Å²) in [7, 11) is 2.96. The zero-order chi connectivity index (χ0) is 25.5. The van der Waals surface area contributed by atoms with Crippen LogP contribution in [0.4, 0.5) is 4.39 Å². The van der Waals surface area contributed by atoms with E-state index < -0.39 is 11.4 Å². The highest BCUT2D eigenvalue weighted by molar-refractivity contribution is 8.02. The van der Waals surface area contributed by atoms with Gasteiger partial charge >= 0.3 is 0 Å². The average molecular weight is 515 g/mol. The molecule has 0 aliphatic heterocycles. The summed E-state index contributed by atoms with van der Waals surface area (Å²) in [6, 6.07) is 27.5. The number of nitrogens with zero attached hydrogens (tertiary/aromatic N) is 2. The molecular weight excluding hydrogens is 495 g/mol. The smallest absolute Gasteiger partial charge is 0.211 e. The fourth-order valence-corrected chi connectivity index (χ4v) is 5.48. The Morgan fingerprint density at radius 1 is 0.639 bits per heavy atom. The number of halogens is 1. The molecule has 0 spiro atoms. The molecule has 0 radical (unpaired) electrons. The summed E-state index contributed by atoms with van der Waals surface area (Å²) in [6.45, 7) is 0. The van der Waals surface area contributed by atoms with Gasteiger partial charge in [0.15, 0.2) is 23.1 Å². The van der Waals surface area contributed by atoms with Crippen LogP contribution in [0.1, 0.15) is 11.1 Å². The summed E-state index contributed by atoms with van der Waals surface area (Å²) < 4.78 is 33.1. The molecule has 0 aliphatic carbocycles. The molecule has 0 atom stereocenters.